The van der Waals surface area contributed by atoms with Crippen LogP contribution in [0.4, 0.5) is 0 Å². The Hall–Kier alpha value is -2.91. The Bertz CT molecular complexity index is 951. The largest absolute Gasteiger partial charge is 0.457 e. The van der Waals surface area contributed by atoms with E-state index in [9.17, 15) is 9.59 Å². The summed E-state index contributed by atoms with van der Waals surface area (Å²) in [5.41, 5.74) is 2.51. The Morgan fingerprint density at radius 2 is 2.08 bits per heavy atom. The number of nitriles is 1. The Balaban J connectivity index is 1.64. The average Bonchev–Trinajstić information content (AvgIpc) is 3.30. The standard InChI is InChI=1S/C20H18N2O3S/c21-9-3-10-22-12-17(16-4-1-2-5-18(16)22)19(23)13-25-20(24)7-6-15-8-11-26-14-15/h1-2,4-5,8,11-12,14H,3,6-7,10,13H2. The molecule has 0 bridgehead atoms. The van der Waals surface area contributed by atoms with Crippen molar-refractivity contribution in [1.82, 2.24) is 4.57 Å². The molecule has 6 heteroatoms. The number of esters is 1. The molecule has 0 amide bonds. The fourth-order valence-electron chi connectivity index (χ4n) is 2.80. The fourth-order valence-corrected chi connectivity index (χ4v) is 3.50. The molecule has 0 aliphatic heterocycles. The molecule has 0 radical (unpaired) electrons. The first-order valence-electron chi connectivity index (χ1n) is 8.34. The highest BCUT2D eigenvalue weighted by atomic mass is 32.1. The van der Waals surface area contributed by atoms with E-state index in [4.69, 9.17) is 10.00 Å². The molecule has 1 aromatic carbocycles. The number of carbonyl (C=O) groups is 2. The predicted octanol–water partition coefficient (Wildman–Crippen LogP) is 3.98. The van der Waals surface area contributed by atoms with Crippen LogP contribution < -0.4 is 0 Å². The Labute approximate surface area is 155 Å². The molecule has 0 atom stereocenters. The summed E-state index contributed by atoms with van der Waals surface area (Å²) in [6.45, 7) is 0.249. The number of ether oxygens (including phenoxy) is 1. The zero-order valence-corrected chi connectivity index (χ0v) is 15.0. The lowest BCUT2D eigenvalue weighted by Gasteiger charge is -2.03. The normalized spacial score (nSPS) is 10.6. The minimum Gasteiger partial charge on any atom is -0.457 e. The molecule has 0 unspecified atom stereocenters. The lowest BCUT2D eigenvalue weighted by Crippen LogP contribution is -2.14. The molecule has 2 heterocycles. The number of thiophene rings is 1. The summed E-state index contributed by atoms with van der Waals surface area (Å²) in [5, 5.41) is 13.6. The van der Waals surface area contributed by atoms with E-state index in [-0.39, 0.29) is 24.8 Å². The van der Waals surface area contributed by atoms with Gasteiger partial charge in [-0.3, -0.25) is 9.59 Å². The lowest BCUT2D eigenvalue weighted by atomic mass is 10.1. The SMILES string of the molecule is N#CCCn1cc(C(=O)COC(=O)CCc2ccsc2)c2ccccc21. The topological polar surface area (TPSA) is 72.1 Å². The van der Waals surface area contributed by atoms with Crippen molar-refractivity contribution >= 4 is 34.0 Å². The van der Waals surface area contributed by atoms with E-state index in [0.717, 1.165) is 16.5 Å². The van der Waals surface area contributed by atoms with Crippen molar-refractivity contribution in [2.45, 2.75) is 25.8 Å². The maximum atomic E-state index is 12.5. The maximum absolute atomic E-state index is 12.5. The second-order valence-electron chi connectivity index (χ2n) is 5.88. The van der Waals surface area contributed by atoms with E-state index in [1.807, 2.05) is 45.7 Å². The van der Waals surface area contributed by atoms with Crippen LogP contribution in [0.2, 0.25) is 0 Å². The van der Waals surface area contributed by atoms with E-state index in [2.05, 4.69) is 6.07 Å². The monoisotopic (exact) mass is 366 g/mol. The van der Waals surface area contributed by atoms with Crippen LogP contribution in [0.5, 0.6) is 0 Å². The third kappa shape index (κ3) is 4.19. The fraction of sp³-hybridized carbons (Fsp3) is 0.250. The van der Waals surface area contributed by atoms with Gasteiger partial charge in [-0.15, -0.1) is 0 Å². The highest BCUT2D eigenvalue weighted by molar-refractivity contribution is 7.07. The quantitative estimate of drug-likeness (QED) is 0.447. The van der Waals surface area contributed by atoms with Crippen molar-refractivity contribution in [2.24, 2.45) is 0 Å². The first kappa shape index (κ1) is 17.9. The Morgan fingerprint density at radius 3 is 2.85 bits per heavy atom. The van der Waals surface area contributed by atoms with Gasteiger partial charge < -0.3 is 9.30 Å². The first-order valence-corrected chi connectivity index (χ1v) is 9.28. The predicted molar refractivity (Wildman–Crippen MR) is 100 cm³/mol. The summed E-state index contributed by atoms with van der Waals surface area (Å²) in [4.78, 5) is 24.4. The van der Waals surface area contributed by atoms with Gasteiger partial charge in [-0.05, 0) is 34.9 Å². The number of hydrogen-bond acceptors (Lipinski definition) is 5. The number of rotatable bonds is 8. The van der Waals surface area contributed by atoms with Crippen LogP contribution in [-0.4, -0.2) is 22.9 Å². The molecule has 2 aromatic heterocycles. The number of ketones is 1. The van der Waals surface area contributed by atoms with Crippen LogP contribution in [-0.2, 0) is 22.5 Å². The smallest absolute Gasteiger partial charge is 0.306 e. The third-order valence-corrected chi connectivity index (χ3v) is 4.85. The van der Waals surface area contributed by atoms with Crippen molar-refractivity contribution in [2.75, 3.05) is 6.61 Å². The molecule has 3 rings (SSSR count). The summed E-state index contributed by atoms with van der Waals surface area (Å²) in [7, 11) is 0. The molecule has 0 aliphatic carbocycles. The van der Waals surface area contributed by atoms with Gasteiger partial charge in [0.05, 0.1) is 12.5 Å². The second kappa shape index (κ2) is 8.45. The van der Waals surface area contributed by atoms with Crippen molar-refractivity contribution in [3.63, 3.8) is 0 Å². The molecule has 26 heavy (non-hydrogen) atoms. The first-order chi connectivity index (χ1) is 12.7. The zero-order valence-electron chi connectivity index (χ0n) is 14.2. The summed E-state index contributed by atoms with van der Waals surface area (Å²) in [6, 6.07) is 11.6. The molecule has 0 saturated heterocycles. The van der Waals surface area contributed by atoms with Crippen LogP contribution in [0.15, 0.2) is 47.3 Å². The molecule has 0 saturated carbocycles. The van der Waals surface area contributed by atoms with Gasteiger partial charge in [0.1, 0.15) is 0 Å². The molecular weight excluding hydrogens is 348 g/mol. The van der Waals surface area contributed by atoms with Gasteiger partial charge in [0.25, 0.3) is 0 Å². The van der Waals surface area contributed by atoms with E-state index >= 15 is 0 Å². The van der Waals surface area contributed by atoms with Gasteiger partial charge in [0, 0.05) is 35.6 Å². The lowest BCUT2D eigenvalue weighted by molar-refractivity contribution is -0.142. The number of benzene rings is 1. The average molecular weight is 366 g/mol. The van der Waals surface area contributed by atoms with Gasteiger partial charge in [0.2, 0.25) is 5.78 Å². The van der Waals surface area contributed by atoms with Crippen LogP contribution in [0.1, 0.15) is 28.8 Å². The van der Waals surface area contributed by atoms with Crippen molar-refractivity contribution < 1.29 is 14.3 Å². The Morgan fingerprint density at radius 1 is 1.23 bits per heavy atom. The molecule has 0 spiro atoms. The van der Waals surface area contributed by atoms with Crippen LogP contribution in [0, 0.1) is 11.3 Å². The van der Waals surface area contributed by atoms with Crippen LogP contribution >= 0.6 is 11.3 Å². The number of aryl methyl sites for hydroxylation is 2. The summed E-state index contributed by atoms with van der Waals surface area (Å²) < 4.78 is 7.04. The highest BCUT2D eigenvalue weighted by Gasteiger charge is 2.16. The maximum Gasteiger partial charge on any atom is 0.306 e. The van der Waals surface area contributed by atoms with Gasteiger partial charge in [-0.1, -0.05) is 18.2 Å². The van der Waals surface area contributed by atoms with Crippen molar-refractivity contribution in [1.29, 1.82) is 5.26 Å². The number of Topliss-reactive ketones (excluding diaryl/α,β-unsaturated/α-hetero) is 1. The molecule has 5 nitrogen and oxygen atoms in total. The second-order valence-corrected chi connectivity index (χ2v) is 6.66. The molecule has 0 N–H and O–H groups in total. The molecule has 0 aliphatic rings. The number of fused-ring (bicyclic) bond motifs is 1. The van der Waals surface area contributed by atoms with E-state index < -0.39 is 0 Å². The summed E-state index contributed by atoms with van der Waals surface area (Å²) in [5.74, 6) is -0.612. The summed E-state index contributed by atoms with van der Waals surface area (Å²) >= 11 is 1.59. The number of hydrogen-bond donors (Lipinski definition) is 0. The molecule has 0 fully saturated rings. The zero-order chi connectivity index (χ0) is 18.4. The van der Waals surface area contributed by atoms with Gasteiger partial charge in [0.15, 0.2) is 6.61 Å². The van der Waals surface area contributed by atoms with Gasteiger partial charge in [-0.25, -0.2) is 0 Å². The van der Waals surface area contributed by atoms with Crippen LogP contribution in [0.3, 0.4) is 0 Å². The van der Waals surface area contributed by atoms with E-state index in [0.29, 0.717) is 24.9 Å². The molecule has 3 aromatic rings. The van der Waals surface area contributed by atoms with E-state index in [1.54, 1.807) is 17.5 Å². The number of para-hydroxylation sites is 1. The van der Waals surface area contributed by atoms with Crippen molar-refractivity contribution in [3.8, 4) is 6.07 Å². The minimum atomic E-state index is -0.377. The number of nitrogens with zero attached hydrogens (tertiary/aromatic N) is 2. The minimum absolute atomic E-state index is 0.235. The number of aromatic nitrogens is 1. The Kier molecular flexibility index (Phi) is 5.82. The van der Waals surface area contributed by atoms with Crippen LogP contribution in [0.25, 0.3) is 10.9 Å². The molecule has 132 valence electrons. The van der Waals surface area contributed by atoms with Crippen molar-refractivity contribution in [3.05, 3.63) is 58.4 Å². The highest BCUT2D eigenvalue weighted by Crippen LogP contribution is 2.22. The third-order valence-electron chi connectivity index (χ3n) is 4.12. The summed E-state index contributed by atoms with van der Waals surface area (Å²) in [6.07, 6.45) is 2.98. The van der Waals surface area contributed by atoms with Gasteiger partial charge in [-0.2, -0.15) is 16.6 Å². The molecular formula is C20H18N2O3S. The number of carbonyl (C=O) groups excluding carboxylic acids is 2. The van der Waals surface area contributed by atoms with Gasteiger partial charge >= 0.3 is 5.97 Å². The van der Waals surface area contributed by atoms with E-state index in [1.165, 1.54) is 0 Å².